The topological polar surface area (TPSA) is 0 Å². The zero-order valence-corrected chi connectivity index (χ0v) is 8.30. The minimum Gasteiger partial charge on any atom is -0.173 e. The van der Waals surface area contributed by atoms with Gasteiger partial charge in [-0.25, -0.2) is 0 Å². The largest absolute Gasteiger partial charge is 0.273 e. The van der Waals surface area contributed by atoms with Crippen LogP contribution in [0.3, 0.4) is 0 Å². The molecule has 0 saturated carbocycles. The van der Waals surface area contributed by atoms with Crippen LogP contribution in [0.4, 0.5) is 8.78 Å². The molecule has 2 heteroatoms. The minimum absolute atomic E-state index is 0.0424. The zero-order valence-electron chi connectivity index (χ0n) is 8.30. The lowest BCUT2D eigenvalue weighted by atomic mass is 10.0. The molecule has 0 atom stereocenters. The molecule has 2 aromatic carbocycles. The first-order valence-electron chi connectivity index (χ1n) is 4.69. The Kier molecular flexibility index (Phi) is 2.50. The molecule has 0 amide bonds. The van der Waals surface area contributed by atoms with Crippen LogP contribution in [0.15, 0.2) is 48.5 Å². The molecule has 0 bridgehead atoms. The van der Waals surface area contributed by atoms with Crippen LogP contribution >= 0.6 is 0 Å². The number of rotatable bonds is 1. The van der Waals surface area contributed by atoms with E-state index in [4.69, 9.17) is 0 Å². The molecule has 2 aromatic rings. The molecular weight excluding hydrogens is 194 g/mol. The van der Waals surface area contributed by atoms with Crippen molar-refractivity contribution >= 4 is 16.3 Å². The van der Waals surface area contributed by atoms with Gasteiger partial charge >= 0.3 is 0 Å². The molecule has 0 aromatic heterocycles. The summed E-state index contributed by atoms with van der Waals surface area (Å²) in [6, 6.07) is 13.1. The predicted octanol–water partition coefficient (Wildman–Crippen LogP) is 4.47. The second-order valence-electron chi connectivity index (χ2n) is 3.45. The highest BCUT2D eigenvalue weighted by atomic mass is 19.3. The lowest BCUT2D eigenvalue weighted by molar-refractivity contribution is 0.425. The van der Waals surface area contributed by atoms with Crippen LogP contribution in [-0.2, 0) is 0 Å². The van der Waals surface area contributed by atoms with Gasteiger partial charge in [-0.05, 0) is 29.3 Å². The normalized spacial score (nSPS) is 10.3. The van der Waals surface area contributed by atoms with Gasteiger partial charge < -0.3 is 0 Å². The molecule has 2 rings (SSSR count). The fourth-order valence-electron chi connectivity index (χ4n) is 1.53. The van der Waals surface area contributed by atoms with Crippen LogP contribution in [0.5, 0.6) is 0 Å². The molecule has 0 radical (unpaired) electrons. The SMILES string of the molecule is CC(=C(F)F)c1ccc2ccccc2c1. The molecule has 0 nitrogen and oxygen atoms in total. The van der Waals surface area contributed by atoms with E-state index in [9.17, 15) is 8.78 Å². The summed E-state index contributed by atoms with van der Waals surface area (Å²) in [5.41, 5.74) is 0.620. The first-order chi connectivity index (χ1) is 7.18. The molecule has 0 unspecified atom stereocenters. The van der Waals surface area contributed by atoms with Crippen LogP contribution < -0.4 is 0 Å². The van der Waals surface area contributed by atoms with Crippen LogP contribution in [0.1, 0.15) is 12.5 Å². The summed E-state index contributed by atoms with van der Waals surface area (Å²) < 4.78 is 24.8. The van der Waals surface area contributed by atoms with Crippen LogP contribution in [-0.4, -0.2) is 0 Å². The highest BCUT2D eigenvalue weighted by Gasteiger charge is 2.03. The van der Waals surface area contributed by atoms with E-state index in [1.807, 2.05) is 30.3 Å². The van der Waals surface area contributed by atoms with Gasteiger partial charge in [0.15, 0.2) is 0 Å². The Hall–Kier alpha value is -1.70. The summed E-state index contributed by atoms with van der Waals surface area (Å²) in [6.07, 6.45) is -1.62. The molecule has 76 valence electrons. The molecule has 15 heavy (non-hydrogen) atoms. The van der Waals surface area contributed by atoms with Crippen molar-refractivity contribution in [2.75, 3.05) is 0 Å². The lowest BCUT2D eigenvalue weighted by Gasteiger charge is -2.02. The third kappa shape index (κ3) is 1.89. The molecular formula is C13H10F2. The van der Waals surface area contributed by atoms with Gasteiger partial charge in [-0.1, -0.05) is 36.4 Å². The van der Waals surface area contributed by atoms with E-state index in [2.05, 4.69) is 0 Å². The fourth-order valence-corrected chi connectivity index (χ4v) is 1.53. The number of hydrogen-bond acceptors (Lipinski definition) is 0. The van der Waals surface area contributed by atoms with Crippen LogP contribution in [0.2, 0.25) is 0 Å². The molecule has 0 aliphatic heterocycles. The van der Waals surface area contributed by atoms with E-state index in [0.29, 0.717) is 5.56 Å². The molecule has 0 spiro atoms. The summed E-state index contributed by atoms with van der Waals surface area (Å²) in [4.78, 5) is 0. The lowest BCUT2D eigenvalue weighted by Crippen LogP contribution is -1.81. The quantitative estimate of drug-likeness (QED) is 0.643. The number of fused-ring (bicyclic) bond motifs is 1. The number of hydrogen-bond donors (Lipinski definition) is 0. The van der Waals surface area contributed by atoms with Gasteiger partial charge in [-0.3, -0.25) is 0 Å². The maximum absolute atomic E-state index is 12.4. The predicted molar refractivity (Wildman–Crippen MR) is 58.8 cm³/mol. The summed E-state index contributed by atoms with van der Waals surface area (Å²) in [7, 11) is 0. The Labute approximate surface area is 86.8 Å². The molecule has 0 aliphatic rings. The van der Waals surface area contributed by atoms with Crippen LogP contribution in [0, 0.1) is 0 Å². The molecule has 0 aliphatic carbocycles. The van der Waals surface area contributed by atoms with Crippen molar-refractivity contribution in [1.82, 2.24) is 0 Å². The zero-order chi connectivity index (χ0) is 10.8. The maximum atomic E-state index is 12.4. The van der Waals surface area contributed by atoms with Crippen molar-refractivity contribution in [1.29, 1.82) is 0 Å². The molecule has 0 saturated heterocycles. The van der Waals surface area contributed by atoms with Gasteiger partial charge in [-0.2, -0.15) is 8.78 Å². The number of benzene rings is 2. The number of allylic oxidation sites excluding steroid dienone is 1. The Balaban J connectivity index is 2.62. The van der Waals surface area contributed by atoms with Crippen molar-refractivity contribution in [2.45, 2.75) is 6.92 Å². The minimum atomic E-state index is -1.62. The van der Waals surface area contributed by atoms with Gasteiger partial charge in [0.1, 0.15) is 0 Å². The summed E-state index contributed by atoms with van der Waals surface area (Å²) in [6.45, 7) is 1.43. The molecule has 0 fully saturated rings. The Morgan fingerprint density at radius 1 is 0.933 bits per heavy atom. The van der Waals surface area contributed by atoms with Gasteiger partial charge in [-0.15, -0.1) is 0 Å². The van der Waals surface area contributed by atoms with Crippen molar-refractivity contribution in [2.24, 2.45) is 0 Å². The van der Waals surface area contributed by atoms with Crippen LogP contribution in [0.25, 0.3) is 16.3 Å². The standard InChI is InChI=1S/C13H10F2/c1-9(13(14)15)11-7-6-10-4-2-3-5-12(10)8-11/h2-8H,1H3. The van der Waals surface area contributed by atoms with E-state index in [0.717, 1.165) is 10.8 Å². The van der Waals surface area contributed by atoms with Crippen molar-refractivity contribution < 1.29 is 8.78 Å². The fraction of sp³-hybridized carbons (Fsp3) is 0.0769. The third-order valence-electron chi connectivity index (χ3n) is 2.47. The van der Waals surface area contributed by atoms with E-state index in [-0.39, 0.29) is 5.57 Å². The summed E-state index contributed by atoms with van der Waals surface area (Å²) in [5, 5.41) is 2.05. The average molecular weight is 204 g/mol. The highest BCUT2D eigenvalue weighted by molar-refractivity contribution is 5.86. The second kappa shape index (κ2) is 3.81. The monoisotopic (exact) mass is 204 g/mol. The van der Waals surface area contributed by atoms with E-state index in [1.165, 1.54) is 6.92 Å². The second-order valence-corrected chi connectivity index (χ2v) is 3.45. The van der Waals surface area contributed by atoms with Gasteiger partial charge in [0.05, 0.1) is 0 Å². The van der Waals surface area contributed by atoms with Gasteiger partial charge in [0.2, 0.25) is 0 Å². The first-order valence-corrected chi connectivity index (χ1v) is 4.69. The Morgan fingerprint density at radius 3 is 2.27 bits per heavy atom. The maximum Gasteiger partial charge on any atom is 0.273 e. The van der Waals surface area contributed by atoms with E-state index >= 15 is 0 Å². The third-order valence-corrected chi connectivity index (χ3v) is 2.47. The van der Waals surface area contributed by atoms with Gasteiger partial charge in [0.25, 0.3) is 6.08 Å². The first kappa shape index (κ1) is 9.84. The van der Waals surface area contributed by atoms with Crippen molar-refractivity contribution in [3.8, 4) is 0 Å². The number of halogens is 2. The molecule has 0 heterocycles. The van der Waals surface area contributed by atoms with E-state index in [1.54, 1.807) is 12.1 Å². The average Bonchev–Trinajstić information content (AvgIpc) is 2.27. The summed E-state index contributed by atoms with van der Waals surface area (Å²) in [5.74, 6) is 0. The van der Waals surface area contributed by atoms with Crippen molar-refractivity contribution in [3.63, 3.8) is 0 Å². The van der Waals surface area contributed by atoms with E-state index < -0.39 is 6.08 Å². The molecule has 0 N–H and O–H groups in total. The van der Waals surface area contributed by atoms with Gasteiger partial charge in [0, 0.05) is 5.57 Å². The Bertz CT molecular complexity index is 523. The Morgan fingerprint density at radius 2 is 1.60 bits per heavy atom. The smallest absolute Gasteiger partial charge is 0.173 e. The van der Waals surface area contributed by atoms with Crippen molar-refractivity contribution in [3.05, 3.63) is 54.1 Å². The summed E-state index contributed by atoms with van der Waals surface area (Å²) >= 11 is 0. The highest BCUT2D eigenvalue weighted by Crippen LogP contribution is 2.24.